The quantitative estimate of drug-likeness (QED) is 0.572. The standard InChI is InChI=1S/C8H14O3/c9-4-3-8(10)7-2-1-5-11-6-7/h2,8-10H,1,3-6H2. The van der Waals surface area contributed by atoms with Crippen molar-refractivity contribution in [1.82, 2.24) is 0 Å². The van der Waals surface area contributed by atoms with E-state index in [2.05, 4.69) is 0 Å². The van der Waals surface area contributed by atoms with Crippen LogP contribution >= 0.6 is 0 Å². The van der Waals surface area contributed by atoms with Gasteiger partial charge in [0.25, 0.3) is 0 Å². The van der Waals surface area contributed by atoms with Crippen LogP contribution in [0.3, 0.4) is 0 Å². The minimum atomic E-state index is -0.514. The molecule has 0 aromatic heterocycles. The molecule has 0 aromatic carbocycles. The number of hydrogen-bond acceptors (Lipinski definition) is 3. The van der Waals surface area contributed by atoms with Gasteiger partial charge >= 0.3 is 0 Å². The second-order valence-corrected chi connectivity index (χ2v) is 2.65. The van der Waals surface area contributed by atoms with E-state index in [1.807, 2.05) is 6.08 Å². The van der Waals surface area contributed by atoms with E-state index >= 15 is 0 Å². The van der Waals surface area contributed by atoms with Gasteiger partial charge in [-0.05, 0) is 12.0 Å². The largest absolute Gasteiger partial charge is 0.396 e. The highest BCUT2D eigenvalue weighted by Crippen LogP contribution is 2.11. The molecule has 1 heterocycles. The summed E-state index contributed by atoms with van der Waals surface area (Å²) in [5.74, 6) is 0. The molecule has 0 fully saturated rings. The Morgan fingerprint density at radius 1 is 1.64 bits per heavy atom. The van der Waals surface area contributed by atoms with Gasteiger partial charge < -0.3 is 14.9 Å². The predicted molar refractivity (Wildman–Crippen MR) is 41.2 cm³/mol. The van der Waals surface area contributed by atoms with Gasteiger partial charge in [0.15, 0.2) is 0 Å². The van der Waals surface area contributed by atoms with E-state index in [9.17, 15) is 5.11 Å². The predicted octanol–water partition coefficient (Wildman–Crippen LogP) is 0.0764. The van der Waals surface area contributed by atoms with Gasteiger partial charge in [0.05, 0.1) is 19.3 Å². The van der Waals surface area contributed by atoms with Crippen molar-refractivity contribution in [3.05, 3.63) is 11.6 Å². The molecule has 0 saturated carbocycles. The first kappa shape index (κ1) is 8.71. The first-order chi connectivity index (χ1) is 5.34. The maximum absolute atomic E-state index is 9.37. The van der Waals surface area contributed by atoms with E-state index in [1.165, 1.54) is 0 Å². The molecule has 1 unspecified atom stereocenters. The lowest BCUT2D eigenvalue weighted by Gasteiger charge is -2.17. The number of ether oxygens (including phenoxy) is 1. The zero-order chi connectivity index (χ0) is 8.10. The Bertz CT molecular complexity index is 142. The molecule has 3 heteroatoms. The smallest absolute Gasteiger partial charge is 0.0794 e. The van der Waals surface area contributed by atoms with Gasteiger partial charge in [-0.25, -0.2) is 0 Å². The molecule has 2 N–H and O–H groups in total. The molecule has 0 aliphatic carbocycles. The summed E-state index contributed by atoms with van der Waals surface area (Å²) >= 11 is 0. The molecule has 1 aliphatic rings. The summed E-state index contributed by atoms with van der Waals surface area (Å²) in [6, 6.07) is 0. The SMILES string of the molecule is OCCC(O)C1=CCCOC1. The molecule has 0 amide bonds. The van der Waals surface area contributed by atoms with E-state index < -0.39 is 6.10 Å². The van der Waals surface area contributed by atoms with Crippen molar-refractivity contribution >= 4 is 0 Å². The van der Waals surface area contributed by atoms with Gasteiger partial charge in [0.2, 0.25) is 0 Å². The Morgan fingerprint density at radius 3 is 3.00 bits per heavy atom. The molecule has 1 atom stereocenters. The average molecular weight is 158 g/mol. The summed E-state index contributed by atoms with van der Waals surface area (Å²) in [5, 5.41) is 17.9. The molecule has 1 rings (SSSR count). The highest BCUT2D eigenvalue weighted by molar-refractivity contribution is 5.10. The number of aliphatic hydroxyl groups excluding tert-OH is 2. The van der Waals surface area contributed by atoms with Gasteiger partial charge in [-0.1, -0.05) is 6.08 Å². The Balaban J connectivity index is 2.37. The van der Waals surface area contributed by atoms with Crippen molar-refractivity contribution in [2.24, 2.45) is 0 Å². The Morgan fingerprint density at radius 2 is 2.45 bits per heavy atom. The number of hydrogen-bond donors (Lipinski definition) is 2. The van der Waals surface area contributed by atoms with Crippen LogP contribution in [0.5, 0.6) is 0 Å². The van der Waals surface area contributed by atoms with E-state index in [1.54, 1.807) is 0 Å². The molecule has 0 bridgehead atoms. The number of rotatable bonds is 3. The molecule has 0 saturated heterocycles. The second-order valence-electron chi connectivity index (χ2n) is 2.65. The third-order valence-corrected chi connectivity index (χ3v) is 1.77. The third-order valence-electron chi connectivity index (χ3n) is 1.77. The topological polar surface area (TPSA) is 49.7 Å². The van der Waals surface area contributed by atoms with Crippen LogP contribution in [-0.4, -0.2) is 36.1 Å². The van der Waals surface area contributed by atoms with Crippen LogP contribution < -0.4 is 0 Å². The molecular weight excluding hydrogens is 144 g/mol. The average Bonchev–Trinajstić information content (AvgIpc) is 2.07. The summed E-state index contributed by atoms with van der Waals surface area (Å²) < 4.78 is 5.14. The van der Waals surface area contributed by atoms with Crippen molar-refractivity contribution in [3.63, 3.8) is 0 Å². The molecule has 3 nitrogen and oxygen atoms in total. The first-order valence-electron chi connectivity index (χ1n) is 3.90. The van der Waals surface area contributed by atoms with Crippen LogP contribution in [0.4, 0.5) is 0 Å². The maximum Gasteiger partial charge on any atom is 0.0794 e. The summed E-state index contributed by atoms with van der Waals surface area (Å²) in [5.41, 5.74) is 0.908. The van der Waals surface area contributed by atoms with E-state index in [4.69, 9.17) is 9.84 Å². The Labute approximate surface area is 66.3 Å². The highest BCUT2D eigenvalue weighted by atomic mass is 16.5. The lowest BCUT2D eigenvalue weighted by molar-refractivity contribution is 0.105. The van der Waals surface area contributed by atoms with Crippen LogP contribution in [-0.2, 0) is 4.74 Å². The van der Waals surface area contributed by atoms with Crippen molar-refractivity contribution in [3.8, 4) is 0 Å². The fourth-order valence-electron chi connectivity index (χ4n) is 1.12. The minimum absolute atomic E-state index is 0.0263. The van der Waals surface area contributed by atoms with Crippen molar-refractivity contribution < 1.29 is 14.9 Å². The highest BCUT2D eigenvalue weighted by Gasteiger charge is 2.12. The molecule has 0 radical (unpaired) electrons. The lowest BCUT2D eigenvalue weighted by Crippen LogP contribution is -2.19. The van der Waals surface area contributed by atoms with E-state index in [0.717, 1.165) is 18.6 Å². The molecule has 64 valence electrons. The van der Waals surface area contributed by atoms with Gasteiger partial charge in [0.1, 0.15) is 0 Å². The van der Waals surface area contributed by atoms with Gasteiger partial charge in [-0.3, -0.25) is 0 Å². The zero-order valence-corrected chi connectivity index (χ0v) is 6.49. The third kappa shape index (κ3) is 2.61. The van der Waals surface area contributed by atoms with Gasteiger partial charge in [-0.15, -0.1) is 0 Å². The summed E-state index contributed by atoms with van der Waals surface area (Å²) in [6.07, 6.45) is 2.76. The van der Waals surface area contributed by atoms with Crippen LogP contribution in [0.25, 0.3) is 0 Å². The van der Waals surface area contributed by atoms with Crippen LogP contribution in [0.2, 0.25) is 0 Å². The van der Waals surface area contributed by atoms with Crippen molar-refractivity contribution in [2.45, 2.75) is 18.9 Å². The van der Waals surface area contributed by atoms with Crippen LogP contribution in [0.1, 0.15) is 12.8 Å². The molecule has 11 heavy (non-hydrogen) atoms. The first-order valence-corrected chi connectivity index (χ1v) is 3.90. The zero-order valence-electron chi connectivity index (χ0n) is 6.49. The van der Waals surface area contributed by atoms with Gasteiger partial charge in [0, 0.05) is 13.0 Å². The lowest BCUT2D eigenvalue weighted by atomic mass is 10.1. The summed E-state index contributed by atoms with van der Waals surface area (Å²) in [7, 11) is 0. The molecule has 0 aromatic rings. The molecular formula is C8H14O3. The number of aliphatic hydroxyl groups is 2. The Hall–Kier alpha value is -0.380. The minimum Gasteiger partial charge on any atom is -0.396 e. The Kier molecular flexibility index (Phi) is 3.56. The summed E-state index contributed by atoms with van der Waals surface area (Å²) in [4.78, 5) is 0. The normalized spacial score (nSPS) is 21.1. The van der Waals surface area contributed by atoms with E-state index in [-0.39, 0.29) is 6.61 Å². The maximum atomic E-state index is 9.37. The van der Waals surface area contributed by atoms with Crippen molar-refractivity contribution in [2.75, 3.05) is 19.8 Å². The summed E-state index contributed by atoms with van der Waals surface area (Å²) in [6.45, 7) is 1.29. The molecule has 1 aliphatic heterocycles. The van der Waals surface area contributed by atoms with Crippen LogP contribution in [0.15, 0.2) is 11.6 Å². The van der Waals surface area contributed by atoms with E-state index in [0.29, 0.717) is 13.0 Å². The van der Waals surface area contributed by atoms with Crippen molar-refractivity contribution in [1.29, 1.82) is 0 Å². The molecule has 0 spiro atoms. The fourth-order valence-corrected chi connectivity index (χ4v) is 1.12. The monoisotopic (exact) mass is 158 g/mol. The van der Waals surface area contributed by atoms with Crippen LogP contribution in [0, 0.1) is 0 Å². The fraction of sp³-hybridized carbons (Fsp3) is 0.750. The second kappa shape index (κ2) is 4.49. The van der Waals surface area contributed by atoms with Gasteiger partial charge in [-0.2, -0.15) is 0 Å².